The number of carbonyl (C=O) groups is 1. The van der Waals surface area contributed by atoms with E-state index in [0.29, 0.717) is 18.8 Å². The Bertz CT molecular complexity index is 529. The first-order valence-electron chi connectivity index (χ1n) is 6.56. The summed E-state index contributed by atoms with van der Waals surface area (Å²) in [4.78, 5) is 12.3. The molecule has 0 aliphatic rings. The van der Waals surface area contributed by atoms with Gasteiger partial charge in [0.25, 0.3) is 0 Å². The van der Waals surface area contributed by atoms with Crippen LogP contribution in [0.4, 0.5) is 0 Å². The molecule has 0 spiro atoms. The lowest BCUT2D eigenvalue weighted by molar-refractivity contribution is -0.136. The van der Waals surface area contributed by atoms with Gasteiger partial charge in [-0.05, 0) is 17.7 Å². The molecular weight excluding hydrogens is 252 g/mol. The monoisotopic (exact) mass is 270 g/mol. The molecular formula is C16H18N2O2. The highest BCUT2D eigenvalue weighted by atomic mass is 16.5. The summed E-state index contributed by atoms with van der Waals surface area (Å²) < 4.78 is 5.39. The Morgan fingerprint density at radius 2 is 1.65 bits per heavy atom. The van der Waals surface area contributed by atoms with E-state index in [1.165, 1.54) is 0 Å². The Balaban J connectivity index is 2.12. The smallest absolute Gasteiger partial charge is 0.333 e. The van der Waals surface area contributed by atoms with E-state index in [-0.39, 0.29) is 5.97 Å². The topological polar surface area (TPSA) is 64.3 Å². The third-order valence-corrected chi connectivity index (χ3v) is 2.82. The predicted octanol–water partition coefficient (Wildman–Crippen LogP) is 1.88. The molecule has 2 aromatic carbocycles. The summed E-state index contributed by atoms with van der Waals surface area (Å²) in [6.45, 7) is 1.01. The van der Waals surface area contributed by atoms with Gasteiger partial charge in [0.05, 0.1) is 0 Å². The molecule has 3 N–H and O–H groups in total. The van der Waals surface area contributed by atoms with E-state index in [9.17, 15) is 4.79 Å². The molecule has 2 rings (SSSR count). The number of hydrogen-bond acceptors (Lipinski definition) is 4. The standard InChI is InChI=1S/C16H18N2O2/c17-11-12-18-15(13-7-3-1-4-8-13)16(19)20-14-9-5-2-6-10-14/h1-10,15,18H,11-12,17H2. The summed E-state index contributed by atoms with van der Waals surface area (Å²) in [5, 5.41) is 3.11. The molecule has 4 nitrogen and oxygen atoms in total. The number of para-hydroxylation sites is 1. The van der Waals surface area contributed by atoms with Crippen molar-refractivity contribution in [2.75, 3.05) is 13.1 Å². The highest BCUT2D eigenvalue weighted by Crippen LogP contribution is 2.17. The van der Waals surface area contributed by atoms with Gasteiger partial charge in [-0.3, -0.25) is 5.32 Å². The molecule has 104 valence electrons. The van der Waals surface area contributed by atoms with Crippen molar-refractivity contribution in [1.29, 1.82) is 0 Å². The van der Waals surface area contributed by atoms with Gasteiger partial charge in [-0.15, -0.1) is 0 Å². The molecule has 0 amide bonds. The summed E-state index contributed by atoms with van der Waals surface area (Å²) in [6.07, 6.45) is 0. The second kappa shape index (κ2) is 7.43. The number of rotatable bonds is 6. The van der Waals surface area contributed by atoms with E-state index in [0.717, 1.165) is 5.56 Å². The normalized spacial score (nSPS) is 11.8. The number of nitrogens with one attached hydrogen (secondary N) is 1. The molecule has 4 heteroatoms. The van der Waals surface area contributed by atoms with Crippen molar-refractivity contribution in [3.63, 3.8) is 0 Å². The summed E-state index contributed by atoms with van der Waals surface area (Å²) >= 11 is 0. The largest absolute Gasteiger partial charge is 0.425 e. The van der Waals surface area contributed by atoms with Crippen molar-refractivity contribution in [1.82, 2.24) is 5.32 Å². The number of ether oxygens (including phenoxy) is 1. The lowest BCUT2D eigenvalue weighted by atomic mass is 10.1. The fourth-order valence-corrected chi connectivity index (χ4v) is 1.87. The zero-order chi connectivity index (χ0) is 14.2. The van der Waals surface area contributed by atoms with Crippen LogP contribution in [-0.4, -0.2) is 19.1 Å². The minimum absolute atomic E-state index is 0.337. The van der Waals surface area contributed by atoms with Gasteiger partial charge in [-0.25, -0.2) is 4.79 Å². The lowest BCUT2D eigenvalue weighted by Crippen LogP contribution is -2.34. The summed E-state index contributed by atoms with van der Waals surface area (Å²) in [7, 11) is 0. The Hall–Kier alpha value is -2.17. The van der Waals surface area contributed by atoms with E-state index in [4.69, 9.17) is 10.5 Å². The molecule has 0 bridgehead atoms. The van der Waals surface area contributed by atoms with Gasteiger partial charge >= 0.3 is 5.97 Å². The van der Waals surface area contributed by atoms with Crippen LogP contribution in [-0.2, 0) is 4.79 Å². The minimum Gasteiger partial charge on any atom is -0.425 e. The van der Waals surface area contributed by atoms with Crippen molar-refractivity contribution >= 4 is 5.97 Å². The average Bonchev–Trinajstić information content (AvgIpc) is 2.50. The van der Waals surface area contributed by atoms with Crippen LogP contribution < -0.4 is 15.8 Å². The maximum Gasteiger partial charge on any atom is 0.333 e. The van der Waals surface area contributed by atoms with Crippen LogP contribution in [0.25, 0.3) is 0 Å². The Morgan fingerprint density at radius 1 is 1.05 bits per heavy atom. The second-order valence-electron chi connectivity index (χ2n) is 4.32. The fraction of sp³-hybridized carbons (Fsp3) is 0.188. The van der Waals surface area contributed by atoms with Gasteiger partial charge in [0.1, 0.15) is 11.8 Å². The first kappa shape index (κ1) is 14.2. The lowest BCUT2D eigenvalue weighted by Gasteiger charge is -2.17. The molecule has 2 aromatic rings. The highest BCUT2D eigenvalue weighted by molar-refractivity contribution is 5.79. The van der Waals surface area contributed by atoms with Gasteiger partial charge in [0.2, 0.25) is 0 Å². The molecule has 0 fully saturated rings. The van der Waals surface area contributed by atoms with Crippen molar-refractivity contribution < 1.29 is 9.53 Å². The minimum atomic E-state index is -0.514. The summed E-state index contributed by atoms with van der Waals surface area (Å²) in [5.74, 6) is 0.198. The second-order valence-corrected chi connectivity index (χ2v) is 4.32. The SMILES string of the molecule is NCCNC(C(=O)Oc1ccccc1)c1ccccc1. The molecule has 20 heavy (non-hydrogen) atoms. The zero-order valence-corrected chi connectivity index (χ0v) is 11.2. The number of nitrogens with two attached hydrogens (primary N) is 1. The third-order valence-electron chi connectivity index (χ3n) is 2.82. The molecule has 0 saturated heterocycles. The highest BCUT2D eigenvalue weighted by Gasteiger charge is 2.21. The van der Waals surface area contributed by atoms with Gasteiger partial charge < -0.3 is 10.5 Å². The van der Waals surface area contributed by atoms with Crippen LogP contribution in [0.5, 0.6) is 5.75 Å². The molecule has 0 heterocycles. The van der Waals surface area contributed by atoms with Gasteiger partial charge in [0, 0.05) is 13.1 Å². The number of hydrogen-bond donors (Lipinski definition) is 2. The fourth-order valence-electron chi connectivity index (χ4n) is 1.87. The number of benzene rings is 2. The van der Waals surface area contributed by atoms with Crippen molar-refractivity contribution in [3.8, 4) is 5.75 Å². The van der Waals surface area contributed by atoms with Crippen molar-refractivity contribution in [2.24, 2.45) is 5.73 Å². The van der Waals surface area contributed by atoms with E-state index >= 15 is 0 Å². The Morgan fingerprint density at radius 3 is 2.25 bits per heavy atom. The maximum absolute atomic E-state index is 12.3. The van der Waals surface area contributed by atoms with Gasteiger partial charge in [-0.1, -0.05) is 48.5 Å². The molecule has 0 aromatic heterocycles. The molecule has 1 unspecified atom stereocenters. The molecule has 0 aliphatic heterocycles. The zero-order valence-electron chi connectivity index (χ0n) is 11.2. The Kier molecular flexibility index (Phi) is 5.29. The summed E-state index contributed by atoms with van der Waals surface area (Å²) in [6, 6.07) is 18.0. The van der Waals surface area contributed by atoms with Crippen LogP contribution in [0.2, 0.25) is 0 Å². The molecule has 0 saturated carbocycles. The van der Waals surface area contributed by atoms with Crippen LogP contribution in [0.3, 0.4) is 0 Å². The quantitative estimate of drug-likeness (QED) is 0.621. The van der Waals surface area contributed by atoms with E-state index in [1.54, 1.807) is 12.1 Å². The van der Waals surface area contributed by atoms with Crippen LogP contribution in [0.15, 0.2) is 60.7 Å². The summed E-state index contributed by atoms with van der Waals surface area (Å²) in [5.41, 5.74) is 6.36. The van der Waals surface area contributed by atoms with Gasteiger partial charge in [0.15, 0.2) is 0 Å². The molecule has 0 radical (unpaired) electrons. The van der Waals surface area contributed by atoms with Crippen LogP contribution in [0.1, 0.15) is 11.6 Å². The maximum atomic E-state index is 12.3. The Labute approximate surface area is 118 Å². The van der Waals surface area contributed by atoms with Crippen molar-refractivity contribution in [3.05, 3.63) is 66.2 Å². The third kappa shape index (κ3) is 3.91. The van der Waals surface area contributed by atoms with Crippen LogP contribution >= 0.6 is 0 Å². The van der Waals surface area contributed by atoms with Gasteiger partial charge in [-0.2, -0.15) is 0 Å². The predicted molar refractivity (Wildman–Crippen MR) is 78.3 cm³/mol. The van der Waals surface area contributed by atoms with E-state index < -0.39 is 6.04 Å². The van der Waals surface area contributed by atoms with E-state index in [1.807, 2.05) is 48.5 Å². The van der Waals surface area contributed by atoms with Crippen LogP contribution in [0, 0.1) is 0 Å². The first-order valence-corrected chi connectivity index (χ1v) is 6.56. The van der Waals surface area contributed by atoms with Crippen molar-refractivity contribution in [2.45, 2.75) is 6.04 Å². The number of carbonyl (C=O) groups excluding carboxylic acids is 1. The molecule has 0 aliphatic carbocycles. The van der Waals surface area contributed by atoms with E-state index in [2.05, 4.69) is 5.32 Å². The first-order chi connectivity index (χ1) is 9.81. The molecule has 1 atom stereocenters. The number of esters is 1. The average molecular weight is 270 g/mol.